The molecular formula is C55H107NO10. The first-order valence-corrected chi connectivity index (χ1v) is 28.1. The Hall–Kier alpha value is -1.15. The van der Waals surface area contributed by atoms with Gasteiger partial charge in [0.15, 0.2) is 6.29 Å². The first kappa shape index (κ1) is 62.9. The minimum Gasteiger partial charge on any atom is -0.394 e. The molecule has 1 heterocycles. The summed E-state index contributed by atoms with van der Waals surface area (Å²) in [6.45, 7) is 3.46. The molecule has 0 aromatic carbocycles. The molecule has 9 unspecified atom stereocenters. The number of aliphatic hydroxyl groups is 7. The summed E-state index contributed by atoms with van der Waals surface area (Å²) < 4.78 is 11.1. The summed E-state index contributed by atoms with van der Waals surface area (Å²) in [6, 6.07) is -1.18. The molecule has 392 valence electrons. The van der Waals surface area contributed by atoms with Crippen LogP contribution in [0, 0.1) is 0 Å². The molecule has 0 saturated carbocycles. The Morgan fingerprint density at radius 2 is 0.894 bits per heavy atom. The smallest absolute Gasteiger partial charge is 0.249 e. The van der Waals surface area contributed by atoms with Gasteiger partial charge < -0.3 is 50.5 Å². The standard InChI is InChI=1S/C55H107NO10/c1-3-5-7-9-11-13-15-17-19-20-21-22-23-24-25-26-27-28-29-31-33-35-37-39-41-43-48(59)54(64)56-46(45-65-55-53(63)52(62)51(61)49(44-57)66-55)50(60)47(58)42-40-38-36-34-32-30-18-16-14-12-10-8-6-4-2/h34,36,46-53,55,57-63H,3-33,35,37-45H2,1-2H3,(H,56,64)/b36-34+. The van der Waals surface area contributed by atoms with E-state index >= 15 is 0 Å². The predicted octanol–water partition coefficient (Wildman–Crippen LogP) is 11.2. The van der Waals surface area contributed by atoms with Crippen molar-refractivity contribution >= 4 is 5.91 Å². The Morgan fingerprint density at radius 3 is 1.30 bits per heavy atom. The van der Waals surface area contributed by atoms with Crippen molar-refractivity contribution in [3.05, 3.63) is 12.2 Å². The molecule has 1 fully saturated rings. The number of amides is 1. The molecule has 9 atom stereocenters. The number of aliphatic hydroxyl groups excluding tert-OH is 7. The molecule has 0 aromatic heterocycles. The van der Waals surface area contributed by atoms with Crippen molar-refractivity contribution < 1.29 is 50.0 Å². The third-order valence-electron chi connectivity index (χ3n) is 13.8. The topological polar surface area (TPSA) is 189 Å². The maximum absolute atomic E-state index is 13.1. The fourth-order valence-electron chi connectivity index (χ4n) is 9.21. The van der Waals surface area contributed by atoms with Crippen LogP contribution in [0.4, 0.5) is 0 Å². The summed E-state index contributed by atoms with van der Waals surface area (Å²) in [7, 11) is 0. The van der Waals surface area contributed by atoms with Crippen molar-refractivity contribution in [2.24, 2.45) is 0 Å². The van der Waals surface area contributed by atoms with Gasteiger partial charge in [0.1, 0.15) is 36.6 Å². The average molecular weight is 942 g/mol. The SMILES string of the molecule is CCCCCCCCCCC/C=C/CCCC(O)C(O)C(COC1OC(CO)C(O)C(O)C1O)NC(=O)C(O)CCCCCCCCCCCCCCCCCCCCCCCCCCC. The summed E-state index contributed by atoms with van der Waals surface area (Å²) in [5.41, 5.74) is 0. The van der Waals surface area contributed by atoms with Crippen molar-refractivity contribution in [2.45, 2.75) is 319 Å². The van der Waals surface area contributed by atoms with E-state index in [1.165, 1.54) is 186 Å². The highest BCUT2D eigenvalue weighted by Crippen LogP contribution is 2.23. The lowest BCUT2D eigenvalue weighted by molar-refractivity contribution is -0.303. The van der Waals surface area contributed by atoms with Crippen molar-refractivity contribution in [3.63, 3.8) is 0 Å². The second-order valence-electron chi connectivity index (χ2n) is 20.0. The maximum Gasteiger partial charge on any atom is 0.249 e. The average Bonchev–Trinajstić information content (AvgIpc) is 3.32. The second-order valence-corrected chi connectivity index (χ2v) is 20.0. The molecule has 0 spiro atoms. The quantitative estimate of drug-likeness (QED) is 0.0215. The normalized spacial score (nSPS) is 20.8. The number of carbonyl (C=O) groups is 1. The molecule has 0 radical (unpaired) electrons. The monoisotopic (exact) mass is 942 g/mol. The number of ether oxygens (including phenoxy) is 2. The lowest BCUT2D eigenvalue weighted by Gasteiger charge is -2.40. The van der Waals surface area contributed by atoms with Crippen molar-refractivity contribution in [1.29, 1.82) is 0 Å². The van der Waals surface area contributed by atoms with E-state index in [0.717, 1.165) is 38.5 Å². The third kappa shape index (κ3) is 33.4. The summed E-state index contributed by atoms with van der Waals surface area (Å²) in [5, 5.41) is 75.9. The fourth-order valence-corrected chi connectivity index (χ4v) is 9.21. The number of hydrogen-bond acceptors (Lipinski definition) is 10. The molecule has 66 heavy (non-hydrogen) atoms. The lowest BCUT2D eigenvalue weighted by Crippen LogP contribution is -2.60. The third-order valence-corrected chi connectivity index (χ3v) is 13.8. The Morgan fingerprint density at radius 1 is 0.515 bits per heavy atom. The highest BCUT2D eigenvalue weighted by molar-refractivity contribution is 5.80. The zero-order valence-electron chi connectivity index (χ0n) is 42.7. The summed E-state index contributed by atoms with van der Waals surface area (Å²) in [4.78, 5) is 13.1. The number of allylic oxidation sites excluding steroid dienone is 2. The van der Waals surface area contributed by atoms with Gasteiger partial charge in [-0.1, -0.05) is 238 Å². The van der Waals surface area contributed by atoms with E-state index in [1.807, 2.05) is 0 Å². The van der Waals surface area contributed by atoms with Gasteiger partial charge in [-0.2, -0.15) is 0 Å². The van der Waals surface area contributed by atoms with Crippen LogP contribution in [-0.4, -0.2) is 110 Å². The minimum atomic E-state index is -1.66. The van der Waals surface area contributed by atoms with E-state index in [0.29, 0.717) is 12.8 Å². The number of carbonyl (C=O) groups excluding carboxylic acids is 1. The van der Waals surface area contributed by atoms with Crippen LogP contribution < -0.4 is 5.32 Å². The molecule has 11 heteroatoms. The van der Waals surface area contributed by atoms with Crippen LogP contribution in [0.1, 0.15) is 264 Å². The molecule has 1 aliphatic heterocycles. The minimum absolute atomic E-state index is 0.259. The number of unbranched alkanes of at least 4 members (excludes halogenated alkanes) is 34. The van der Waals surface area contributed by atoms with E-state index in [2.05, 4.69) is 31.3 Å². The van der Waals surface area contributed by atoms with Crippen molar-refractivity contribution in [1.82, 2.24) is 5.32 Å². The second kappa shape index (κ2) is 45.0. The van der Waals surface area contributed by atoms with Gasteiger partial charge in [-0.25, -0.2) is 0 Å². The number of rotatable bonds is 48. The Labute approximate surface area is 404 Å². The van der Waals surface area contributed by atoms with Gasteiger partial charge >= 0.3 is 0 Å². The van der Waals surface area contributed by atoms with Crippen LogP contribution in [0.15, 0.2) is 12.2 Å². The van der Waals surface area contributed by atoms with Gasteiger partial charge in [0.25, 0.3) is 0 Å². The Bertz CT molecular complexity index is 1080. The van der Waals surface area contributed by atoms with E-state index in [1.54, 1.807) is 0 Å². The van der Waals surface area contributed by atoms with Gasteiger partial charge in [-0.05, 0) is 38.5 Å². The van der Waals surface area contributed by atoms with Gasteiger partial charge in [-0.3, -0.25) is 4.79 Å². The van der Waals surface area contributed by atoms with Gasteiger partial charge in [0.05, 0.1) is 25.4 Å². The van der Waals surface area contributed by atoms with E-state index in [9.17, 15) is 40.5 Å². The van der Waals surface area contributed by atoms with Crippen molar-refractivity contribution in [3.8, 4) is 0 Å². The summed E-state index contributed by atoms with van der Waals surface area (Å²) in [6.07, 6.45) is 39.9. The lowest BCUT2D eigenvalue weighted by atomic mass is 9.98. The van der Waals surface area contributed by atoms with Crippen LogP contribution in [0.25, 0.3) is 0 Å². The van der Waals surface area contributed by atoms with Gasteiger partial charge in [-0.15, -0.1) is 0 Å². The Balaban J connectivity index is 2.29. The van der Waals surface area contributed by atoms with E-state index in [-0.39, 0.29) is 12.8 Å². The van der Waals surface area contributed by atoms with E-state index < -0.39 is 74.2 Å². The van der Waals surface area contributed by atoms with Gasteiger partial charge in [0.2, 0.25) is 5.91 Å². The molecule has 1 saturated heterocycles. The molecule has 1 rings (SSSR count). The molecule has 1 amide bonds. The van der Waals surface area contributed by atoms with Crippen LogP contribution in [0.5, 0.6) is 0 Å². The molecule has 11 nitrogen and oxygen atoms in total. The van der Waals surface area contributed by atoms with Crippen LogP contribution in [-0.2, 0) is 14.3 Å². The number of nitrogens with one attached hydrogen (secondary N) is 1. The summed E-state index contributed by atoms with van der Waals surface area (Å²) in [5.74, 6) is -0.701. The van der Waals surface area contributed by atoms with E-state index in [4.69, 9.17) is 9.47 Å². The first-order chi connectivity index (χ1) is 32.2. The Kier molecular flexibility index (Phi) is 42.9. The highest BCUT2D eigenvalue weighted by atomic mass is 16.7. The zero-order valence-corrected chi connectivity index (χ0v) is 42.7. The van der Waals surface area contributed by atoms with Crippen LogP contribution in [0.3, 0.4) is 0 Å². The largest absolute Gasteiger partial charge is 0.394 e. The maximum atomic E-state index is 13.1. The molecular weight excluding hydrogens is 835 g/mol. The predicted molar refractivity (Wildman–Crippen MR) is 270 cm³/mol. The van der Waals surface area contributed by atoms with Crippen molar-refractivity contribution in [2.75, 3.05) is 13.2 Å². The molecule has 0 aromatic rings. The molecule has 0 bridgehead atoms. The molecule has 8 N–H and O–H groups in total. The fraction of sp³-hybridized carbons (Fsp3) is 0.945. The number of hydrogen-bond donors (Lipinski definition) is 8. The molecule has 0 aliphatic carbocycles. The van der Waals surface area contributed by atoms with Crippen LogP contribution in [0.2, 0.25) is 0 Å². The summed E-state index contributed by atoms with van der Waals surface area (Å²) >= 11 is 0. The zero-order chi connectivity index (χ0) is 48.3. The van der Waals surface area contributed by atoms with Crippen LogP contribution >= 0.6 is 0 Å². The highest BCUT2D eigenvalue weighted by Gasteiger charge is 2.44. The van der Waals surface area contributed by atoms with Gasteiger partial charge in [0, 0.05) is 0 Å². The molecule has 1 aliphatic rings. The first-order valence-electron chi connectivity index (χ1n) is 28.1.